The predicted molar refractivity (Wildman–Crippen MR) is 105 cm³/mol. The molecule has 2 heterocycles. The number of piperidine rings is 1. The molecule has 4 rings (SSSR count). The van der Waals surface area contributed by atoms with Gasteiger partial charge in [0.2, 0.25) is 0 Å². The van der Waals surface area contributed by atoms with Crippen LogP contribution in [0, 0.1) is 0 Å². The number of amides is 2. The van der Waals surface area contributed by atoms with Gasteiger partial charge >= 0.3 is 0 Å². The van der Waals surface area contributed by atoms with Crippen molar-refractivity contribution >= 4 is 23.4 Å². The molecule has 1 saturated heterocycles. The lowest BCUT2D eigenvalue weighted by Gasteiger charge is -2.32. The summed E-state index contributed by atoms with van der Waals surface area (Å²) in [5.41, 5.74) is 1.13. The number of likely N-dealkylation sites (tertiary alicyclic amines) is 1. The summed E-state index contributed by atoms with van der Waals surface area (Å²) in [6.45, 7) is 2.03. The van der Waals surface area contributed by atoms with E-state index >= 15 is 0 Å². The van der Waals surface area contributed by atoms with Gasteiger partial charge in [-0.3, -0.25) is 9.59 Å². The molecule has 146 valence electrons. The van der Waals surface area contributed by atoms with E-state index in [9.17, 15) is 9.59 Å². The SMILES string of the molecule is O=C(NC1CCN(C(=O)c2cc(Cl)c3c(c2)OCCO3)CC1)c1ccccc1. The number of benzene rings is 2. The minimum absolute atomic E-state index is 0.0561. The van der Waals surface area contributed by atoms with Crippen LogP contribution in [0.3, 0.4) is 0 Å². The third-order valence-electron chi connectivity index (χ3n) is 5.00. The van der Waals surface area contributed by atoms with Crippen LogP contribution in [0.1, 0.15) is 33.6 Å². The van der Waals surface area contributed by atoms with Crippen molar-refractivity contribution in [2.24, 2.45) is 0 Å². The summed E-state index contributed by atoms with van der Waals surface area (Å²) in [5.74, 6) is 0.828. The summed E-state index contributed by atoms with van der Waals surface area (Å²) in [6, 6.07) is 12.5. The summed E-state index contributed by atoms with van der Waals surface area (Å²) in [6.07, 6.45) is 1.42. The molecule has 1 fully saturated rings. The van der Waals surface area contributed by atoms with Gasteiger partial charge in [0.05, 0.1) is 5.02 Å². The fraction of sp³-hybridized carbons (Fsp3) is 0.333. The zero-order chi connectivity index (χ0) is 19.5. The van der Waals surface area contributed by atoms with Gasteiger partial charge in [-0.25, -0.2) is 0 Å². The summed E-state index contributed by atoms with van der Waals surface area (Å²) in [7, 11) is 0. The van der Waals surface area contributed by atoms with E-state index in [0.717, 1.165) is 0 Å². The Labute approximate surface area is 168 Å². The van der Waals surface area contributed by atoms with E-state index < -0.39 is 0 Å². The first-order valence-electron chi connectivity index (χ1n) is 9.36. The quantitative estimate of drug-likeness (QED) is 0.859. The minimum atomic E-state index is -0.0910. The average molecular weight is 401 g/mol. The number of rotatable bonds is 3. The van der Waals surface area contributed by atoms with Crippen LogP contribution in [0.2, 0.25) is 5.02 Å². The summed E-state index contributed by atoms with van der Waals surface area (Å²) in [5, 5.41) is 3.43. The number of halogens is 1. The monoisotopic (exact) mass is 400 g/mol. The largest absolute Gasteiger partial charge is 0.486 e. The highest BCUT2D eigenvalue weighted by Gasteiger charge is 2.27. The van der Waals surface area contributed by atoms with E-state index in [1.807, 2.05) is 18.2 Å². The number of nitrogens with one attached hydrogen (secondary N) is 1. The number of fused-ring (bicyclic) bond motifs is 1. The van der Waals surface area contributed by atoms with Crippen LogP contribution < -0.4 is 14.8 Å². The van der Waals surface area contributed by atoms with Gasteiger partial charge < -0.3 is 19.7 Å². The Balaban J connectivity index is 1.37. The van der Waals surface area contributed by atoms with Crippen LogP contribution in [0.15, 0.2) is 42.5 Å². The van der Waals surface area contributed by atoms with Crippen LogP contribution in [0.4, 0.5) is 0 Å². The maximum absolute atomic E-state index is 12.9. The number of hydrogen-bond donors (Lipinski definition) is 1. The van der Waals surface area contributed by atoms with Crippen LogP contribution in [-0.2, 0) is 0 Å². The van der Waals surface area contributed by atoms with Crippen molar-refractivity contribution in [2.45, 2.75) is 18.9 Å². The van der Waals surface area contributed by atoms with Gasteiger partial charge in [0.1, 0.15) is 13.2 Å². The Hall–Kier alpha value is -2.73. The second kappa shape index (κ2) is 8.10. The molecule has 1 N–H and O–H groups in total. The molecule has 0 unspecified atom stereocenters. The molecule has 2 aromatic carbocycles. The fourth-order valence-corrected chi connectivity index (χ4v) is 3.77. The molecular formula is C21H21ClN2O4. The van der Waals surface area contributed by atoms with Crippen LogP contribution in [0.25, 0.3) is 0 Å². The van der Waals surface area contributed by atoms with Gasteiger partial charge in [-0.05, 0) is 37.1 Å². The zero-order valence-electron chi connectivity index (χ0n) is 15.3. The molecule has 2 amide bonds. The van der Waals surface area contributed by atoms with E-state index in [1.165, 1.54) is 0 Å². The van der Waals surface area contributed by atoms with Crippen LogP contribution in [-0.4, -0.2) is 49.1 Å². The first kappa shape index (κ1) is 18.6. The average Bonchev–Trinajstić information content (AvgIpc) is 2.74. The molecule has 0 atom stereocenters. The van der Waals surface area contributed by atoms with Gasteiger partial charge in [-0.2, -0.15) is 0 Å². The Kier molecular flexibility index (Phi) is 5.39. The maximum atomic E-state index is 12.9. The lowest BCUT2D eigenvalue weighted by Crippen LogP contribution is -2.46. The fourth-order valence-electron chi connectivity index (χ4n) is 3.50. The Bertz CT molecular complexity index is 879. The molecular weight excluding hydrogens is 380 g/mol. The number of hydrogen-bond acceptors (Lipinski definition) is 4. The topological polar surface area (TPSA) is 67.9 Å². The zero-order valence-corrected chi connectivity index (χ0v) is 16.1. The van der Waals surface area contributed by atoms with Crippen molar-refractivity contribution in [3.63, 3.8) is 0 Å². The molecule has 28 heavy (non-hydrogen) atoms. The van der Waals surface area contributed by atoms with Crippen LogP contribution >= 0.6 is 11.6 Å². The van der Waals surface area contributed by atoms with Gasteiger partial charge in [0, 0.05) is 30.3 Å². The number of carbonyl (C=O) groups excluding carboxylic acids is 2. The maximum Gasteiger partial charge on any atom is 0.254 e. The molecule has 0 aromatic heterocycles. The summed E-state index contributed by atoms with van der Waals surface area (Å²) < 4.78 is 11.1. The molecule has 7 heteroatoms. The molecule has 0 saturated carbocycles. The van der Waals surface area contributed by atoms with Crippen molar-refractivity contribution in [1.82, 2.24) is 10.2 Å². The second-order valence-corrected chi connectivity index (χ2v) is 7.30. The smallest absolute Gasteiger partial charge is 0.254 e. The van der Waals surface area contributed by atoms with Gasteiger partial charge in [-0.1, -0.05) is 29.8 Å². The Morgan fingerprint density at radius 1 is 1.00 bits per heavy atom. The molecule has 6 nitrogen and oxygen atoms in total. The van der Waals surface area contributed by atoms with E-state index in [-0.39, 0.29) is 17.9 Å². The van der Waals surface area contributed by atoms with Crippen molar-refractivity contribution < 1.29 is 19.1 Å². The van der Waals surface area contributed by atoms with E-state index in [1.54, 1.807) is 29.2 Å². The van der Waals surface area contributed by atoms with E-state index in [0.29, 0.717) is 66.8 Å². The standard InChI is InChI=1S/C21H21ClN2O4/c22-17-12-15(13-18-19(17)28-11-10-27-18)21(26)24-8-6-16(7-9-24)23-20(25)14-4-2-1-3-5-14/h1-5,12-13,16H,6-11H2,(H,23,25). The van der Waals surface area contributed by atoms with Gasteiger partial charge in [-0.15, -0.1) is 0 Å². The lowest BCUT2D eigenvalue weighted by atomic mass is 10.0. The van der Waals surface area contributed by atoms with Crippen molar-refractivity contribution in [3.05, 3.63) is 58.6 Å². The van der Waals surface area contributed by atoms with Crippen molar-refractivity contribution in [1.29, 1.82) is 0 Å². The normalized spacial score (nSPS) is 16.5. The number of ether oxygens (including phenoxy) is 2. The molecule has 0 radical (unpaired) electrons. The van der Waals surface area contributed by atoms with E-state index in [2.05, 4.69) is 5.32 Å². The molecule has 0 aliphatic carbocycles. The molecule has 0 bridgehead atoms. The highest BCUT2D eigenvalue weighted by molar-refractivity contribution is 6.32. The second-order valence-electron chi connectivity index (χ2n) is 6.89. The van der Waals surface area contributed by atoms with Crippen molar-refractivity contribution in [3.8, 4) is 11.5 Å². The molecule has 0 spiro atoms. The molecule has 2 aliphatic heterocycles. The molecule has 2 aliphatic rings. The highest BCUT2D eigenvalue weighted by Crippen LogP contribution is 2.38. The Morgan fingerprint density at radius 3 is 2.46 bits per heavy atom. The first-order chi connectivity index (χ1) is 13.6. The summed E-state index contributed by atoms with van der Waals surface area (Å²) >= 11 is 6.25. The van der Waals surface area contributed by atoms with E-state index in [4.69, 9.17) is 21.1 Å². The Morgan fingerprint density at radius 2 is 1.71 bits per heavy atom. The summed E-state index contributed by atoms with van der Waals surface area (Å²) in [4.78, 5) is 26.9. The lowest BCUT2D eigenvalue weighted by molar-refractivity contribution is 0.0697. The van der Waals surface area contributed by atoms with Crippen LogP contribution in [0.5, 0.6) is 11.5 Å². The predicted octanol–water partition coefficient (Wildman–Crippen LogP) is 3.15. The van der Waals surface area contributed by atoms with Crippen molar-refractivity contribution in [2.75, 3.05) is 26.3 Å². The number of carbonyl (C=O) groups is 2. The van der Waals surface area contributed by atoms with Gasteiger partial charge in [0.25, 0.3) is 11.8 Å². The first-order valence-corrected chi connectivity index (χ1v) is 9.74. The third-order valence-corrected chi connectivity index (χ3v) is 5.28. The highest BCUT2D eigenvalue weighted by atomic mass is 35.5. The minimum Gasteiger partial charge on any atom is -0.486 e. The molecule has 2 aromatic rings. The number of nitrogens with zero attached hydrogens (tertiary/aromatic N) is 1. The van der Waals surface area contributed by atoms with Gasteiger partial charge in [0.15, 0.2) is 11.5 Å². The third kappa shape index (κ3) is 3.92.